The summed E-state index contributed by atoms with van der Waals surface area (Å²) >= 11 is 0. The molecule has 1 atom stereocenters. The van der Waals surface area contributed by atoms with E-state index in [0.29, 0.717) is 17.1 Å². The van der Waals surface area contributed by atoms with Gasteiger partial charge in [-0.25, -0.2) is 0 Å². The number of halogens is 3. The molecular weight excluding hydrogens is 413 g/mol. The molecule has 3 aromatic rings. The maximum Gasteiger partial charge on any atom is 0.416 e. The van der Waals surface area contributed by atoms with Crippen LogP contribution < -0.4 is 5.32 Å². The van der Waals surface area contributed by atoms with E-state index in [4.69, 9.17) is 0 Å². The lowest BCUT2D eigenvalue weighted by molar-refractivity contribution is -0.137. The number of alkyl halides is 3. The topological polar surface area (TPSA) is 104 Å². The number of likely N-dealkylation sites (tertiary alicyclic amines) is 1. The van der Waals surface area contributed by atoms with Gasteiger partial charge in [0, 0.05) is 25.7 Å². The lowest BCUT2D eigenvalue weighted by Gasteiger charge is -2.17. The molecule has 3 heterocycles. The summed E-state index contributed by atoms with van der Waals surface area (Å²) in [5.41, 5.74) is 0.122. The number of nitrogens with one attached hydrogen (secondary N) is 2. The quantitative estimate of drug-likeness (QED) is 0.648. The standard InChI is InChI=1S/C20H17F3N6O2/c21-20(22,23)14-5-3-4-12(8-14)10-29-11-13(9-16(29)30)18(31)26-19-25-17(27-28-19)15-6-1-2-7-24-15/h1-8,13H,9-11H2,(H2,25,26,27,28,31)/t13-/m1/s1. The number of pyridine rings is 1. The summed E-state index contributed by atoms with van der Waals surface area (Å²) < 4.78 is 38.7. The Morgan fingerprint density at radius 2 is 2.06 bits per heavy atom. The molecule has 0 aliphatic carbocycles. The maximum atomic E-state index is 12.9. The van der Waals surface area contributed by atoms with E-state index in [-0.39, 0.29) is 31.4 Å². The number of hydrogen-bond acceptors (Lipinski definition) is 5. The Bertz CT molecular complexity index is 1100. The second-order valence-electron chi connectivity index (χ2n) is 7.09. The zero-order valence-corrected chi connectivity index (χ0v) is 16.1. The third kappa shape index (κ3) is 4.71. The van der Waals surface area contributed by atoms with Crippen molar-refractivity contribution in [3.63, 3.8) is 0 Å². The SMILES string of the molecule is O=C(Nc1n[nH]c(-c2ccccn2)n1)[C@@H]1CC(=O)N(Cc2cccc(C(F)(F)F)c2)C1. The number of benzene rings is 1. The number of aromatic nitrogens is 4. The first-order valence-corrected chi connectivity index (χ1v) is 9.38. The molecule has 0 unspecified atom stereocenters. The molecule has 11 heteroatoms. The maximum absolute atomic E-state index is 12.9. The third-order valence-corrected chi connectivity index (χ3v) is 4.84. The summed E-state index contributed by atoms with van der Waals surface area (Å²) in [6.45, 7) is 0.0927. The number of H-pyrrole nitrogens is 1. The van der Waals surface area contributed by atoms with Gasteiger partial charge < -0.3 is 4.90 Å². The van der Waals surface area contributed by atoms with Crippen LogP contribution in [0.4, 0.5) is 19.1 Å². The number of carbonyl (C=O) groups excluding carboxylic acids is 2. The molecule has 0 bridgehead atoms. The summed E-state index contributed by atoms with van der Waals surface area (Å²) in [5, 5.41) is 9.17. The first-order valence-electron chi connectivity index (χ1n) is 9.38. The summed E-state index contributed by atoms with van der Waals surface area (Å²) in [5.74, 6) is -0.970. The van der Waals surface area contributed by atoms with E-state index >= 15 is 0 Å². The van der Waals surface area contributed by atoms with Crippen LogP contribution in [-0.2, 0) is 22.3 Å². The van der Waals surface area contributed by atoms with E-state index in [1.165, 1.54) is 17.0 Å². The van der Waals surface area contributed by atoms with Gasteiger partial charge in [-0.3, -0.25) is 25.0 Å². The molecule has 1 aliphatic heterocycles. The molecule has 0 spiro atoms. The fourth-order valence-corrected chi connectivity index (χ4v) is 3.31. The Hall–Kier alpha value is -3.76. The number of carbonyl (C=O) groups is 2. The Kier molecular flexibility index (Phi) is 5.40. The van der Waals surface area contributed by atoms with Gasteiger partial charge in [0.25, 0.3) is 0 Å². The van der Waals surface area contributed by atoms with Gasteiger partial charge in [-0.2, -0.15) is 18.2 Å². The highest BCUT2D eigenvalue weighted by atomic mass is 19.4. The average Bonchev–Trinajstić information content (AvgIpc) is 3.35. The predicted molar refractivity (Wildman–Crippen MR) is 103 cm³/mol. The van der Waals surface area contributed by atoms with Crippen molar-refractivity contribution < 1.29 is 22.8 Å². The molecule has 1 saturated heterocycles. The van der Waals surface area contributed by atoms with Gasteiger partial charge in [-0.05, 0) is 29.8 Å². The Morgan fingerprint density at radius 3 is 2.81 bits per heavy atom. The van der Waals surface area contributed by atoms with Crippen molar-refractivity contribution in [3.8, 4) is 11.5 Å². The minimum atomic E-state index is -4.46. The fraction of sp³-hybridized carbons (Fsp3) is 0.250. The Labute approximate surface area is 174 Å². The molecule has 160 valence electrons. The van der Waals surface area contributed by atoms with Crippen molar-refractivity contribution in [3.05, 3.63) is 59.8 Å². The van der Waals surface area contributed by atoms with Crippen LogP contribution in [0.2, 0.25) is 0 Å². The monoisotopic (exact) mass is 430 g/mol. The van der Waals surface area contributed by atoms with Gasteiger partial charge in [0.2, 0.25) is 17.8 Å². The van der Waals surface area contributed by atoms with Gasteiger partial charge >= 0.3 is 6.18 Å². The second kappa shape index (κ2) is 8.17. The van der Waals surface area contributed by atoms with E-state index in [1.54, 1.807) is 24.4 Å². The molecule has 2 N–H and O–H groups in total. The highest BCUT2D eigenvalue weighted by Gasteiger charge is 2.35. The number of hydrogen-bond donors (Lipinski definition) is 2. The smallest absolute Gasteiger partial charge is 0.338 e. The van der Waals surface area contributed by atoms with Gasteiger partial charge in [0.1, 0.15) is 5.69 Å². The molecule has 1 aliphatic rings. The number of rotatable bonds is 5. The first kappa shape index (κ1) is 20.5. The third-order valence-electron chi connectivity index (χ3n) is 4.84. The van der Waals surface area contributed by atoms with Crippen LogP contribution >= 0.6 is 0 Å². The summed E-state index contributed by atoms with van der Waals surface area (Å²) in [6.07, 6.45) is -2.90. The Morgan fingerprint density at radius 1 is 1.23 bits per heavy atom. The molecule has 8 nitrogen and oxygen atoms in total. The zero-order chi connectivity index (χ0) is 22.0. The minimum Gasteiger partial charge on any atom is -0.338 e. The van der Waals surface area contributed by atoms with Gasteiger partial charge in [0.05, 0.1) is 11.5 Å². The van der Waals surface area contributed by atoms with Crippen LogP contribution in [0.15, 0.2) is 48.7 Å². The van der Waals surface area contributed by atoms with E-state index < -0.39 is 23.6 Å². The van der Waals surface area contributed by atoms with Crippen molar-refractivity contribution in [2.45, 2.75) is 19.1 Å². The molecule has 0 saturated carbocycles. The predicted octanol–water partition coefficient (Wildman–Crippen LogP) is 2.87. The lowest BCUT2D eigenvalue weighted by atomic mass is 10.1. The van der Waals surface area contributed by atoms with Crippen LogP contribution in [0.5, 0.6) is 0 Å². The number of nitrogens with zero attached hydrogens (tertiary/aromatic N) is 4. The van der Waals surface area contributed by atoms with Gasteiger partial charge in [-0.1, -0.05) is 18.2 Å². The number of aromatic amines is 1. The van der Waals surface area contributed by atoms with Crippen LogP contribution in [0.25, 0.3) is 11.5 Å². The van der Waals surface area contributed by atoms with Crippen LogP contribution in [0.1, 0.15) is 17.5 Å². The second-order valence-corrected chi connectivity index (χ2v) is 7.09. The normalized spacial score (nSPS) is 16.5. The highest BCUT2D eigenvalue weighted by Crippen LogP contribution is 2.30. The molecule has 1 fully saturated rings. The van der Waals surface area contributed by atoms with Crippen LogP contribution in [0.3, 0.4) is 0 Å². The molecular formula is C20H17F3N6O2. The fourth-order valence-electron chi connectivity index (χ4n) is 3.31. The largest absolute Gasteiger partial charge is 0.416 e. The summed E-state index contributed by atoms with van der Waals surface area (Å²) in [4.78, 5) is 34.5. The zero-order valence-electron chi connectivity index (χ0n) is 16.1. The van der Waals surface area contributed by atoms with Crippen LogP contribution in [0, 0.1) is 5.92 Å². The van der Waals surface area contributed by atoms with E-state index in [2.05, 4.69) is 25.5 Å². The highest BCUT2D eigenvalue weighted by molar-refractivity contribution is 5.96. The van der Waals surface area contributed by atoms with E-state index in [9.17, 15) is 22.8 Å². The molecule has 4 rings (SSSR count). The van der Waals surface area contributed by atoms with Crippen molar-refractivity contribution in [2.75, 3.05) is 11.9 Å². The minimum absolute atomic E-state index is 0.00296. The lowest BCUT2D eigenvalue weighted by Crippen LogP contribution is -2.28. The first-order chi connectivity index (χ1) is 14.8. The van der Waals surface area contributed by atoms with Gasteiger partial charge in [0.15, 0.2) is 5.82 Å². The van der Waals surface area contributed by atoms with E-state index in [1.807, 2.05) is 0 Å². The molecule has 0 radical (unpaired) electrons. The molecule has 2 aromatic heterocycles. The van der Waals surface area contributed by atoms with Crippen molar-refractivity contribution >= 4 is 17.8 Å². The Balaban J connectivity index is 1.38. The number of anilines is 1. The van der Waals surface area contributed by atoms with Crippen molar-refractivity contribution in [1.29, 1.82) is 0 Å². The van der Waals surface area contributed by atoms with Crippen molar-refractivity contribution in [1.82, 2.24) is 25.1 Å². The van der Waals surface area contributed by atoms with Crippen molar-refractivity contribution in [2.24, 2.45) is 5.92 Å². The van der Waals surface area contributed by atoms with E-state index in [0.717, 1.165) is 12.1 Å². The molecule has 1 aromatic carbocycles. The molecule has 2 amide bonds. The van der Waals surface area contributed by atoms with Crippen LogP contribution in [-0.4, -0.2) is 43.4 Å². The summed E-state index contributed by atoms with van der Waals surface area (Å²) in [6, 6.07) is 10.1. The average molecular weight is 430 g/mol. The molecule has 31 heavy (non-hydrogen) atoms. The number of amides is 2. The van der Waals surface area contributed by atoms with Gasteiger partial charge in [-0.15, -0.1) is 5.10 Å². The summed E-state index contributed by atoms with van der Waals surface area (Å²) in [7, 11) is 0.